The van der Waals surface area contributed by atoms with Crippen molar-refractivity contribution < 1.29 is 22.7 Å². The summed E-state index contributed by atoms with van der Waals surface area (Å²) in [5, 5.41) is 0. The van der Waals surface area contributed by atoms with Gasteiger partial charge in [0.25, 0.3) is 5.91 Å². The van der Waals surface area contributed by atoms with Crippen LogP contribution in [-0.4, -0.2) is 40.6 Å². The number of rotatable bonds is 5. The molecule has 2 atom stereocenters. The van der Waals surface area contributed by atoms with Gasteiger partial charge in [-0.05, 0) is 66.0 Å². The van der Waals surface area contributed by atoms with Crippen molar-refractivity contribution >= 4 is 11.5 Å². The van der Waals surface area contributed by atoms with Gasteiger partial charge in [0.1, 0.15) is 11.7 Å². The molecule has 0 spiro atoms. The number of ether oxygens (including phenoxy) is 1. The third-order valence-electron chi connectivity index (χ3n) is 6.44. The van der Waals surface area contributed by atoms with E-state index >= 15 is 0 Å². The van der Waals surface area contributed by atoms with Crippen LogP contribution in [0.4, 0.5) is 13.2 Å². The monoisotopic (exact) mass is 460 g/mol. The zero-order chi connectivity index (χ0) is 23.8. The summed E-state index contributed by atoms with van der Waals surface area (Å²) >= 11 is 0. The maximum atomic E-state index is 14.2. The van der Waals surface area contributed by atoms with Crippen LogP contribution < -0.4 is 10.5 Å². The number of fused-ring (bicyclic) bond motifs is 1. The second-order valence-electron chi connectivity index (χ2n) is 8.75. The van der Waals surface area contributed by atoms with Gasteiger partial charge in [0.05, 0.1) is 12.8 Å². The van der Waals surface area contributed by atoms with Crippen LogP contribution in [0.5, 0.6) is 5.88 Å². The molecular formula is C24H27F3N4O2. The number of allylic oxidation sites excluding steroid dienone is 2. The van der Waals surface area contributed by atoms with Crippen molar-refractivity contribution in [3.8, 4) is 5.88 Å². The number of hydrogen-bond donors (Lipinski definition) is 1. The van der Waals surface area contributed by atoms with Crippen molar-refractivity contribution in [2.75, 3.05) is 13.7 Å². The number of primary amides is 1. The predicted octanol–water partition coefficient (Wildman–Crippen LogP) is 4.45. The van der Waals surface area contributed by atoms with Crippen LogP contribution in [0.15, 0.2) is 30.5 Å². The summed E-state index contributed by atoms with van der Waals surface area (Å²) in [5.41, 5.74) is 9.05. The molecule has 0 aromatic carbocycles. The first-order chi connectivity index (χ1) is 15.7. The summed E-state index contributed by atoms with van der Waals surface area (Å²) in [5.74, 6) is 0.0173. The van der Waals surface area contributed by atoms with Gasteiger partial charge in [0.15, 0.2) is 0 Å². The molecule has 0 saturated carbocycles. The number of pyridine rings is 2. The maximum Gasteiger partial charge on any atom is 0.408 e. The fraction of sp³-hybridized carbons (Fsp3) is 0.458. The van der Waals surface area contributed by atoms with Crippen LogP contribution >= 0.6 is 0 Å². The van der Waals surface area contributed by atoms with Crippen LogP contribution in [0, 0.1) is 5.92 Å². The molecule has 0 bridgehead atoms. The van der Waals surface area contributed by atoms with Crippen molar-refractivity contribution in [1.82, 2.24) is 14.9 Å². The minimum atomic E-state index is -4.52. The SMILES string of the molecule is COc1cc(C(N2CCc3c(C4=CCC(C)CC4)cc(C(N)=O)nc3C2)C(F)(F)F)ccn1. The molecule has 176 valence electrons. The third kappa shape index (κ3) is 4.88. The van der Waals surface area contributed by atoms with E-state index in [1.165, 1.54) is 30.3 Å². The van der Waals surface area contributed by atoms with Gasteiger partial charge in [-0.15, -0.1) is 0 Å². The molecule has 33 heavy (non-hydrogen) atoms. The molecule has 2 unspecified atom stereocenters. The lowest BCUT2D eigenvalue weighted by Gasteiger charge is -2.37. The van der Waals surface area contributed by atoms with Gasteiger partial charge in [0, 0.05) is 25.4 Å². The average Bonchev–Trinajstić information content (AvgIpc) is 2.78. The van der Waals surface area contributed by atoms with E-state index in [1.54, 1.807) is 6.07 Å². The Bertz CT molecular complexity index is 1080. The van der Waals surface area contributed by atoms with Crippen molar-refractivity contribution in [1.29, 1.82) is 0 Å². The Morgan fingerprint density at radius 3 is 2.73 bits per heavy atom. The Morgan fingerprint density at radius 1 is 1.30 bits per heavy atom. The number of methoxy groups -OCH3 is 1. The van der Waals surface area contributed by atoms with Gasteiger partial charge in [0.2, 0.25) is 5.88 Å². The lowest BCUT2D eigenvalue weighted by molar-refractivity contribution is -0.189. The Labute approximate surface area is 190 Å². The fourth-order valence-electron chi connectivity index (χ4n) is 4.72. The quantitative estimate of drug-likeness (QED) is 0.713. The highest BCUT2D eigenvalue weighted by atomic mass is 19.4. The Balaban J connectivity index is 1.74. The van der Waals surface area contributed by atoms with Crippen molar-refractivity contribution in [2.45, 2.75) is 51.4 Å². The Hall–Kier alpha value is -2.94. The zero-order valence-electron chi connectivity index (χ0n) is 18.7. The van der Waals surface area contributed by atoms with Crippen molar-refractivity contribution in [2.24, 2.45) is 11.7 Å². The predicted molar refractivity (Wildman–Crippen MR) is 117 cm³/mol. The zero-order valence-corrected chi connectivity index (χ0v) is 18.7. The third-order valence-corrected chi connectivity index (χ3v) is 6.44. The van der Waals surface area contributed by atoms with E-state index in [1.807, 2.05) is 0 Å². The molecule has 1 aliphatic carbocycles. The molecule has 2 aromatic heterocycles. The minimum absolute atomic E-state index is 0.0397. The molecular weight excluding hydrogens is 433 g/mol. The highest BCUT2D eigenvalue weighted by Gasteiger charge is 2.46. The smallest absolute Gasteiger partial charge is 0.408 e. The number of carbonyl (C=O) groups is 1. The van der Waals surface area contributed by atoms with E-state index < -0.39 is 18.1 Å². The number of alkyl halides is 3. The molecule has 3 heterocycles. The second-order valence-corrected chi connectivity index (χ2v) is 8.75. The topological polar surface area (TPSA) is 81.3 Å². The summed E-state index contributed by atoms with van der Waals surface area (Å²) in [6.07, 6.45) is 2.19. The van der Waals surface area contributed by atoms with Gasteiger partial charge < -0.3 is 10.5 Å². The van der Waals surface area contributed by atoms with Gasteiger partial charge in [-0.3, -0.25) is 9.69 Å². The molecule has 1 aliphatic heterocycles. The minimum Gasteiger partial charge on any atom is -0.481 e. The van der Waals surface area contributed by atoms with E-state index in [0.29, 0.717) is 18.0 Å². The molecule has 0 saturated heterocycles. The summed E-state index contributed by atoms with van der Waals surface area (Å²) in [7, 11) is 1.36. The van der Waals surface area contributed by atoms with Crippen LogP contribution in [0.3, 0.4) is 0 Å². The first-order valence-electron chi connectivity index (χ1n) is 11.0. The first kappa shape index (κ1) is 23.2. The maximum absolute atomic E-state index is 14.2. The van der Waals surface area contributed by atoms with Crippen LogP contribution in [-0.2, 0) is 13.0 Å². The van der Waals surface area contributed by atoms with E-state index in [-0.39, 0.29) is 30.2 Å². The number of nitrogens with two attached hydrogens (primary N) is 1. The van der Waals surface area contributed by atoms with Crippen molar-refractivity contribution in [3.63, 3.8) is 0 Å². The molecule has 0 fully saturated rings. The lowest BCUT2D eigenvalue weighted by Crippen LogP contribution is -2.42. The normalized spacial score (nSPS) is 20.0. The number of amides is 1. The molecule has 0 radical (unpaired) electrons. The van der Waals surface area contributed by atoms with Gasteiger partial charge in [-0.2, -0.15) is 13.2 Å². The van der Waals surface area contributed by atoms with Crippen molar-refractivity contribution in [3.05, 3.63) is 58.6 Å². The molecule has 2 N–H and O–H groups in total. The molecule has 4 rings (SSSR count). The van der Waals surface area contributed by atoms with E-state index in [2.05, 4.69) is 23.0 Å². The fourth-order valence-corrected chi connectivity index (χ4v) is 4.72. The van der Waals surface area contributed by atoms with E-state index in [4.69, 9.17) is 10.5 Å². The average molecular weight is 461 g/mol. The first-order valence-corrected chi connectivity index (χ1v) is 11.0. The number of aromatic nitrogens is 2. The van der Waals surface area contributed by atoms with Gasteiger partial charge in [-0.25, -0.2) is 9.97 Å². The standard InChI is InChI=1S/C24H27F3N4O2/c1-14-3-5-15(6-4-14)18-12-19(23(28)32)30-20-13-31(10-8-17(18)20)22(24(25,26)27)16-7-9-29-21(11-16)33-2/h5,7,9,11-12,14,22H,3-4,6,8,10,13H2,1-2H3,(H2,28,32). The molecule has 6 nitrogen and oxygen atoms in total. The number of carbonyl (C=O) groups excluding carboxylic acids is 1. The van der Waals surface area contributed by atoms with Gasteiger partial charge in [-0.1, -0.05) is 13.0 Å². The van der Waals surface area contributed by atoms with E-state index in [0.717, 1.165) is 36.0 Å². The molecule has 9 heteroatoms. The van der Waals surface area contributed by atoms with Crippen LogP contribution in [0.1, 0.15) is 65.1 Å². The molecule has 2 aromatic rings. The second kappa shape index (κ2) is 9.13. The largest absolute Gasteiger partial charge is 0.481 e. The number of halogens is 3. The molecule has 2 aliphatic rings. The Morgan fingerprint density at radius 2 is 2.09 bits per heavy atom. The Kier molecular flexibility index (Phi) is 6.43. The molecule has 1 amide bonds. The highest BCUT2D eigenvalue weighted by Crippen LogP contribution is 2.42. The highest BCUT2D eigenvalue weighted by molar-refractivity contribution is 5.92. The number of hydrogen-bond acceptors (Lipinski definition) is 5. The summed E-state index contributed by atoms with van der Waals surface area (Å²) in [6, 6.07) is 2.51. The summed E-state index contributed by atoms with van der Waals surface area (Å²) in [6.45, 7) is 2.35. The van der Waals surface area contributed by atoms with E-state index in [9.17, 15) is 18.0 Å². The van der Waals surface area contributed by atoms with Crippen LogP contribution in [0.2, 0.25) is 0 Å². The van der Waals surface area contributed by atoms with Crippen LogP contribution in [0.25, 0.3) is 5.57 Å². The number of nitrogens with zero attached hydrogens (tertiary/aromatic N) is 3. The lowest BCUT2D eigenvalue weighted by atomic mass is 9.84. The summed E-state index contributed by atoms with van der Waals surface area (Å²) < 4.78 is 47.7. The van der Waals surface area contributed by atoms with Gasteiger partial charge >= 0.3 is 6.18 Å². The summed E-state index contributed by atoms with van der Waals surface area (Å²) in [4.78, 5) is 21.6.